The molecule has 0 aromatic heterocycles. The third kappa shape index (κ3) is 7.42. The predicted octanol–water partition coefficient (Wildman–Crippen LogP) is 1.83. The topological polar surface area (TPSA) is 88.8 Å². The lowest BCUT2D eigenvalue weighted by molar-refractivity contribution is -0.0328. The van der Waals surface area contributed by atoms with Crippen LogP contribution in [0.25, 0.3) is 0 Å². The van der Waals surface area contributed by atoms with Gasteiger partial charge in [-0.2, -0.15) is 18.3 Å². The minimum absolute atomic E-state index is 0. The van der Waals surface area contributed by atoms with Gasteiger partial charge in [0.05, 0.1) is 6.21 Å². The molecule has 1 aromatic rings. The Balaban J connectivity index is 0.00000324. The van der Waals surface area contributed by atoms with Crippen molar-refractivity contribution in [3.63, 3.8) is 0 Å². The SMILES string of the molecule is Cl.NN=C(N)NN=Cc1ccc(SC(F)(F)F)cc1. The van der Waals surface area contributed by atoms with Crippen LogP contribution in [0, 0.1) is 0 Å². The summed E-state index contributed by atoms with van der Waals surface area (Å²) in [4.78, 5) is 0.107. The van der Waals surface area contributed by atoms with Gasteiger partial charge in [-0.05, 0) is 29.5 Å². The van der Waals surface area contributed by atoms with Gasteiger partial charge in [0.2, 0.25) is 5.96 Å². The van der Waals surface area contributed by atoms with Gasteiger partial charge in [-0.15, -0.1) is 17.5 Å². The zero-order valence-corrected chi connectivity index (χ0v) is 11.0. The first-order valence-corrected chi connectivity index (χ1v) is 5.40. The largest absolute Gasteiger partial charge is 0.446 e. The number of nitrogens with one attached hydrogen (secondary N) is 1. The van der Waals surface area contributed by atoms with Gasteiger partial charge in [-0.3, -0.25) is 0 Å². The summed E-state index contributed by atoms with van der Waals surface area (Å²) in [6.07, 6.45) is 1.38. The normalized spacial score (nSPS) is 12.3. The van der Waals surface area contributed by atoms with E-state index < -0.39 is 5.51 Å². The third-order valence-corrected chi connectivity index (χ3v) is 2.38. The number of hydrazone groups is 2. The van der Waals surface area contributed by atoms with Gasteiger partial charge in [-0.1, -0.05) is 12.1 Å². The Bertz CT molecular complexity index is 446. The van der Waals surface area contributed by atoms with E-state index in [0.29, 0.717) is 5.56 Å². The van der Waals surface area contributed by atoms with E-state index in [1.54, 1.807) is 0 Å². The Kier molecular flexibility index (Phi) is 7.09. The van der Waals surface area contributed by atoms with Gasteiger partial charge in [0.25, 0.3) is 0 Å². The molecule has 0 aliphatic carbocycles. The van der Waals surface area contributed by atoms with E-state index in [1.807, 2.05) is 0 Å². The van der Waals surface area contributed by atoms with Crippen molar-refractivity contribution in [1.82, 2.24) is 5.43 Å². The van der Waals surface area contributed by atoms with E-state index in [-0.39, 0.29) is 35.0 Å². The summed E-state index contributed by atoms with van der Waals surface area (Å²) in [5.74, 6) is 4.77. The van der Waals surface area contributed by atoms with E-state index in [9.17, 15) is 13.2 Å². The number of nitrogens with two attached hydrogens (primary N) is 2. The van der Waals surface area contributed by atoms with Crippen molar-refractivity contribution in [2.75, 3.05) is 0 Å². The molecule has 0 spiro atoms. The summed E-state index contributed by atoms with van der Waals surface area (Å²) in [6.45, 7) is 0. The summed E-state index contributed by atoms with van der Waals surface area (Å²) in [6, 6.07) is 5.68. The number of guanidine groups is 1. The highest BCUT2D eigenvalue weighted by Gasteiger charge is 2.28. The van der Waals surface area contributed by atoms with Crippen LogP contribution in [0.5, 0.6) is 0 Å². The molecule has 0 saturated heterocycles. The Morgan fingerprint density at radius 2 is 1.84 bits per heavy atom. The minimum Gasteiger partial charge on any atom is -0.367 e. The van der Waals surface area contributed by atoms with Crippen molar-refractivity contribution in [2.45, 2.75) is 10.4 Å². The van der Waals surface area contributed by atoms with E-state index in [1.165, 1.54) is 30.5 Å². The maximum atomic E-state index is 12.1. The Labute approximate surface area is 117 Å². The van der Waals surface area contributed by atoms with Crippen LogP contribution in [0.15, 0.2) is 39.4 Å². The molecule has 0 unspecified atom stereocenters. The van der Waals surface area contributed by atoms with Crippen LogP contribution in [0.3, 0.4) is 0 Å². The molecule has 1 rings (SSSR count). The molecule has 0 amide bonds. The van der Waals surface area contributed by atoms with Crippen LogP contribution >= 0.6 is 24.2 Å². The number of hydrogen-bond acceptors (Lipinski definition) is 4. The molecule has 0 radical (unpaired) electrons. The summed E-state index contributed by atoms with van der Waals surface area (Å²) in [5, 5.41) is 6.79. The zero-order chi connectivity index (χ0) is 13.6. The maximum absolute atomic E-state index is 12.1. The molecule has 5 N–H and O–H groups in total. The van der Waals surface area contributed by atoms with Crippen molar-refractivity contribution in [3.05, 3.63) is 29.8 Å². The maximum Gasteiger partial charge on any atom is 0.446 e. The fourth-order valence-corrected chi connectivity index (χ4v) is 1.50. The number of thioether (sulfide) groups is 1. The highest BCUT2D eigenvalue weighted by molar-refractivity contribution is 8.00. The van der Waals surface area contributed by atoms with Crippen LogP contribution in [0.2, 0.25) is 0 Å². The van der Waals surface area contributed by atoms with Crippen molar-refractivity contribution >= 4 is 36.3 Å². The molecule has 0 aliphatic rings. The second-order valence-corrected chi connectivity index (χ2v) is 4.14. The van der Waals surface area contributed by atoms with Crippen molar-refractivity contribution in [1.29, 1.82) is 0 Å². The average molecular weight is 314 g/mol. The number of halogens is 4. The summed E-state index contributed by atoms with van der Waals surface area (Å²) < 4.78 is 36.2. The third-order valence-electron chi connectivity index (χ3n) is 1.65. The number of hydrogen-bond donors (Lipinski definition) is 3. The molecule has 0 bridgehead atoms. The molecule has 0 saturated carbocycles. The fraction of sp³-hybridized carbons (Fsp3) is 0.111. The van der Waals surface area contributed by atoms with Crippen LogP contribution < -0.4 is 17.0 Å². The average Bonchev–Trinajstić information content (AvgIpc) is 2.29. The molecular weight excluding hydrogens is 303 g/mol. The summed E-state index contributed by atoms with van der Waals surface area (Å²) in [7, 11) is 0. The molecule has 0 fully saturated rings. The Morgan fingerprint density at radius 3 is 2.32 bits per heavy atom. The second-order valence-electron chi connectivity index (χ2n) is 3.00. The van der Waals surface area contributed by atoms with Gasteiger partial charge >= 0.3 is 5.51 Å². The molecule has 0 heterocycles. The van der Waals surface area contributed by atoms with Crippen molar-refractivity contribution in [2.24, 2.45) is 21.8 Å². The van der Waals surface area contributed by atoms with Crippen LogP contribution in [-0.2, 0) is 0 Å². The molecule has 106 valence electrons. The first-order chi connectivity index (χ1) is 8.40. The lowest BCUT2D eigenvalue weighted by atomic mass is 10.2. The fourth-order valence-electron chi connectivity index (χ4n) is 0.957. The van der Waals surface area contributed by atoms with E-state index in [4.69, 9.17) is 11.6 Å². The summed E-state index contributed by atoms with van der Waals surface area (Å²) >= 11 is -0.174. The van der Waals surface area contributed by atoms with Crippen LogP contribution in [0.4, 0.5) is 13.2 Å². The van der Waals surface area contributed by atoms with E-state index >= 15 is 0 Å². The van der Waals surface area contributed by atoms with Gasteiger partial charge in [0.1, 0.15) is 0 Å². The molecule has 19 heavy (non-hydrogen) atoms. The molecule has 10 heteroatoms. The molecule has 0 atom stereocenters. The smallest absolute Gasteiger partial charge is 0.367 e. The quantitative estimate of drug-likeness (QED) is 0.261. The number of alkyl halides is 3. The number of nitrogens with zero attached hydrogens (tertiary/aromatic N) is 2. The zero-order valence-electron chi connectivity index (χ0n) is 9.39. The summed E-state index contributed by atoms with van der Waals surface area (Å²) in [5.41, 5.74) is 3.84. The lowest BCUT2D eigenvalue weighted by Gasteiger charge is -2.05. The highest BCUT2D eigenvalue weighted by atomic mass is 35.5. The molecule has 0 aliphatic heterocycles. The van der Waals surface area contributed by atoms with Crippen LogP contribution in [-0.4, -0.2) is 17.7 Å². The second kappa shape index (κ2) is 7.74. The van der Waals surface area contributed by atoms with Crippen LogP contribution in [0.1, 0.15) is 5.56 Å². The Hall–Kier alpha value is -1.61. The van der Waals surface area contributed by atoms with Gasteiger partial charge < -0.3 is 11.6 Å². The minimum atomic E-state index is -4.29. The first kappa shape index (κ1) is 17.4. The standard InChI is InChI=1S/C9H10F3N5S.ClH/c10-9(11,12)18-7-3-1-6(2-4-7)5-15-17-8(13)16-14;/h1-5H,14H2,(H3,13,16,17);1H. The predicted molar refractivity (Wildman–Crippen MR) is 72.1 cm³/mol. The molecule has 1 aromatic carbocycles. The number of rotatable bonds is 3. The van der Waals surface area contributed by atoms with Gasteiger partial charge in [0.15, 0.2) is 0 Å². The van der Waals surface area contributed by atoms with E-state index in [0.717, 1.165) is 0 Å². The Morgan fingerprint density at radius 1 is 1.26 bits per heavy atom. The van der Waals surface area contributed by atoms with Crippen molar-refractivity contribution < 1.29 is 13.2 Å². The monoisotopic (exact) mass is 313 g/mol. The van der Waals surface area contributed by atoms with Gasteiger partial charge in [-0.25, -0.2) is 5.43 Å². The molecule has 5 nitrogen and oxygen atoms in total. The lowest BCUT2D eigenvalue weighted by Crippen LogP contribution is -2.28. The highest BCUT2D eigenvalue weighted by Crippen LogP contribution is 2.36. The van der Waals surface area contributed by atoms with E-state index in [2.05, 4.69) is 15.6 Å². The van der Waals surface area contributed by atoms with Crippen molar-refractivity contribution in [3.8, 4) is 0 Å². The number of benzene rings is 1. The van der Waals surface area contributed by atoms with Gasteiger partial charge in [0, 0.05) is 4.90 Å². The molecular formula is C9H11ClF3N5S. The first-order valence-electron chi connectivity index (χ1n) is 4.59.